The van der Waals surface area contributed by atoms with Crippen molar-refractivity contribution in [3.8, 4) is 0 Å². The van der Waals surface area contributed by atoms with Gasteiger partial charge in [0.1, 0.15) is 17.5 Å². The number of H-pyrrole nitrogens is 1. The number of carboxylic acid groups (broad SMARTS) is 1. The van der Waals surface area contributed by atoms with Gasteiger partial charge < -0.3 is 10.4 Å². The van der Waals surface area contributed by atoms with Gasteiger partial charge in [0, 0.05) is 41.4 Å². The number of benzene rings is 1. The summed E-state index contributed by atoms with van der Waals surface area (Å²) in [6.45, 7) is 4.43. The molecule has 0 amide bonds. The number of nitrogens with one attached hydrogen (secondary N) is 2. The summed E-state index contributed by atoms with van der Waals surface area (Å²) in [5, 5.41) is 20.4. The molecule has 4 rings (SSSR count). The number of aryl methyl sites for hydroxylation is 1. The van der Waals surface area contributed by atoms with E-state index in [1.165, 1.54) is 18.2 Å². The Morgan fingerprint density at radius 1 is 1.29 bits per heavy atom. The van der Waals surface area contributed by atoms with Crippen molar-refractivity contribution < 1.29 is 18.7 Å². The number of likely N-dealkylation sites (tertiary alicyclic amines) is 1. The predicted octanol–water partition coefficient (Wildman–Crippen LogP) is 5.09. The maximum atomic E-state index is 14.7. The topological polar surface area (TPSA) is 94.1 Å². The largest absolute Gasteiger partial charge is 0.481 e. The van der Waals surface area contributed by atoms with Gasteiger partial charge in [0.15, 0.2) is 5.82 Å². The van der Waals surface area contributed by atoms with E-state index in [9.17, 15) is 18.7 Å². The highest BCUT2D eigenvalue weighted by atomic mass is 35.5. The second-order valence-electron chi connectivity index (χ2n) is 8.92. The molecule has 1 aliphatic rings. The molecule has 2 atom stereocenters. The van der Waals surface area contributed by atoms with E-state index < -0.39 is 23.0 Å². The monoisotopic (exact) mass is 489 g/mol. The fourth-order valence-corrected chi connectivity index (χ4v) is 4.76. The molecular weight excluding hydrogens is 464 g/mol. The number of aromatic nitrogens is 3. The Hall–Kier alpha value is -3.04. The molecule has 0 saturated carbocycles. The lowest BCUT2D eigenvalue weighted by molar-refractivity contribution is -0.153. The Balaban J connectivity index is 1.52. The average molecular weight is 490 g/mol. The number of aromatic amines is 1. The number of nitrogens with zero attached hydrogens (tertiary/aromatic N) is 3. The molecular formula is C24H26ClF2N5O2. The smallest absolute Gasteiger partial charge is 0.310 e. The number of anilines is 2. The first-order chi connectivity index (χ1) is 16.2. The van der Waals surface area contributed by atoms with E-state index in [-0.39, 0.29) is 37.5 Å². The Bertz CT molecular complexity index is 1180. The molecule has 3 N–H and O–H groups in total. The SMILES string of the molecule is Cc1cc(Nc2ccc(F)c(C[C@@]3(C(=O)O)CCN(Cc4c(F)cccc4Cl)[C@H](C)C3)n2)n[nH]1. The van der Waals surface area contributed by atoms with Crippen LogP contribution in [0.3, 0.4) is 0 Å². The first-order valence-electron chi connectivity index (χ1n) is 11.0. The molecule has 10 heteroatoms. The van der Waals surface area contributed by atoms with Crippen LogP contribution in [0.15, 0.2) is 36.4 Å². The van der Waals surface area contributed by atoms with Crippen LogP contribution in [0.4, 0.5) is 20.4 Å². The van der Waals surface area contributed by atoms with Crippen LogP contribution in [0.5, 0.6) is 0 Å². The maximum Gasteiger partial charge on any atom is 0.310 e. The van der Waals surface area contributed by atoms with Crippen LogP contribution in [0.2, 0.25) is 5.02 Å². The summed E-state index contributed by atoms with van der Waals surface area (Å²) in [7, 11) is 0. The number of hydrogen-bond donors (Lipinski definition) is 3. The second kappa shape index (κ2) is 9.68. The first-order valence-corrected chi connectivity index (χ1v) is 11.4. The highest BCUT2D eigenvalue weighted by Gasteiger charge is 2.45. The van der Waals surface area contributed by atoms with E-state index in [4.69, 9.17) is 11.6 Å². The summed E-state index contributed by atoms with van der Waals surface area (Å²) in [5.41, 5.74) is 0.133. The molecule has 1 aromatic carbocycles. The van der Waals surface area contributed by atoms with E-state index in [1.54, 1.807) is 18.2 Å². The molecule has 0 aliphatic carbocycles. The number of carbonyl (C=O) groups is 1. The maximum absolute atomic E-state index is 14.7. The number of rotatable bonds is 7. The van der Waals surface area contributed by atoms with Gasteiger partial charge in [0.2, 0.25) is 0 Å². The van der Waals surface area contributed by atoms with Gasteiger partial charge in [-0.05, 0) is 57.5 Å². The number of halogens is 3. The highest BCUT2D eigenvalue weighted by molar-refractivity contribution is 6.31. The summed E-state index contributed by atoms with van der Waals surface area (Å²) < 4.78 is 29.0. The predicted molar refractivity (Wildman–Crippen MR) is 125 cm³/mol. The van der Waals surface area contributed by atoms with Crippen LogP contribution in [0.25, 0.3) is 0 Å². The van der Waals surface area contributed by atoms with Gasteiger partial charge in [0.05, 0.1) is 11.1 Å². The van der Waals surface area contributed by atoms with Crippen molar-refractivity contribution in [3.05, 3.63) is 70.0 Å². The summed E-state index contributed by atoms with van der Waals surface area (Å²) in [6.07, 6.45) is 0.490. The molecule has 1 saturated heterocycles. The molecule has 0 bridgehead atoms. The van der Waals surface area contributed by atoms with Gasteiger partial charge in [-0.25, -0.2) is 13.8 Å². The van der Waals surface area contributed by atoms with E-state index in [0.29, 0.717) is 28.8 Å². The van der Waals surface area contributed by atoms with E-state index in [1.807, 2.05) is 18.7 Å². The van der Waals surface area contributed by atoms with E-state index in [2.05, 4.69) is 20.5 Å². The number of aliphatic carboxylic acids is 1. The van der Waals surface area contributed by atoms with Crippen LogP contribution in [0, 0.1) is 24.0 Å². The van der Waals surface area contributed by atoms with Crippen molar-refractivity contribution in [3.63, 3.8) is 0 Å². The number of hydrogen-bond acceptors (Lipinski definition) is 5. The Kier molecular flexibility index (Phi) is 6.86. The fourth-order valence-electron chi connectivity index (χ4n) is 4.54. The number of piperidine rings is 1. The Morgan fingerprint density at radius 2 is 2.09 bits per heavy atom. The van der Waals surface area contributed by atoms with E-state index in [0.717, 1.165) is 5.69 Å². The zero-order valence-electron chi connectivity index (χ0n) is 18.9. The van der Waals surface area contributed by atoms with Crippen LogP contribution in [0.1, 0.15) is 36.7 Å². The number of pyridine rings is 1. The van der Waals surface area contributed by atoms with Crippen molar-refractivity contribution in [2.24, 2.45) is 5.41 Å². The van der Waals surface area contributed by atoms with Crippen molar-refractivity contribution in [2.45, 2.75) is 45.7 Å². The van der Waals surface area contributed by atoms with Gasteiger partial charge in [-0.1, -0.05) is 17.7 Å². The molecule has 0 spiro atoms. The van der Waals surface area contributed by atoms with Gasteiger partial charge in [-0.2, -0.15) is 5.10 Å². The molecule has 1 fully saturated rings. The Labute approximate surface area is 201 Å². The van der Waals surface area contributed by atoms with E-state index >= 15 is 0 Å². The lowest BCUT2D eigenvalue weighted by Crippen LogP contribution is -2.50. The standard InChI is InChI=1S/C24H26ClF2N5O2/c1-14-10-22(31-30-14)29-21-7-6-19(27)20(28-21)12-24(23(33)34)8-9-32(15(2)11-24)13-16-17(25)4-3-5-18(16)26/h3-7,10,15H,8-9,11-13H2,1-2H3,(H,33,34)(H2,28,29,30,31)/t15-,24-/m1/s1. The van der Waals surface area contributed by atoms with Crippen LogP contribution in [-0.4, -0.2) is 43.7 Å². The zero-order chi connectivity index (χ0) is 24.5. The van der Waals surface area contributed by atoms with Crippen LogP contribution < -0.4 is 5.32 Å². The molecule has 1 aliphatic heterocycles. The lowest BCUT2D eigenvalue weighted by atomic mass is 9.72. The molecule has 34 heavy (non-hydrogen) atoms. The highest BCUT2D eigenvalue weighted by Crippen LogP contribution is 2.40. The van der Waals surface area contributed by atoms with Crippen molar-refractivity contribution in [2.75, 3.05) is 11.9 Å². The summed E-state index contributed by atoms with van der Waals surface area (Å²) in [5.74, 6) is -1.03. The van der Waals surface area contributed by atoms with Crippen molar-refractivity contribution in [1.29, 1.82) is 0 Å². The third-order valence-corrected chi connectivity index (χ3v) is 6.80. The molecule has 0 radical (unpaired) electrons. The quantitative estimate of drug-likeness (QED) is 0.428. The minimum absolute atomic E-state index is 0.0537. The first kappa shape index (κ1) is 24.1. The summed E-state index contributed by atoms with van der Waals surface area (Å²) >= 11 is 6.18. The summed E-state index contributed by atoms with van der Waals surface area (Å²) in [4.78, 5) is 18.8. The molecule has 0 unspecified atom stereocenters. The van der Waals surface area contributed by atoms with Gasteiger partial charge >= 0.3 is 5.97 Å². The summed E-state index contributed by atoms with van der Waals surface area (Å²) in [6, 6.07) is 8.90. The van der Waals surface area contributed by atoms with Gasteiger partial charge in [-0.3, -0.25) is 14.8 Å². The minimum Gasteiger partial charge on any atom is -0.481 e. The fraction of sp³-hybridized carbons (Fsp3) is 0.375. The third-order valence-electron chi connectivity index (χ3n) is 6.45. The molecule has 180 valence electrons. The van der Waals surface area contributed by atoms with Gasteiger partial charge in [-0.15, -0.1) is 0 Å². The van der Waals surface area contributed by atoms with Crippen LogP contribution in [-0.2, 0) is 17.8 Å². The van der Waals surface area contributed by atoms with Crippen molar-refractivity contribution in [1.82, 2.24) is 20.1 Å². The molecule has 2 aromatic heterocycles. The third kappa shape index (κ3) is 5.05. The molecule has 3 heterocycles. The van der Waals surface area contributed by atoms with Gasteiger partial charge in [0.25, 0.3) is 0 Å². The average Bonchev–Trinajstić information content (AvgIpc) is 3.19. The normalized spacial score (nSPS) is 20.9. The minimum atomic E-state index is -1.19. The second-order valence-corrected chi connectivity index (χ2v) is 9.33. The Morgan fingerprint density at radius 3 is 2.74 bits per heavy atom. The molecule has 3 aromatic rings. The zero-order valence-corrected chi connectivity index (χ0v) is 19.7. The number of carboxylic acids is 1. The molecule has 7 nitrogen and oxygen atoms in total. The van der Waals surface area contributed by atoms with Crippen molar-refractivity contribution >= 4 is 29.2 Å². The van der Waals surface area contributed by atoms with Crippen LogP contribution >= 0.6 is 11.6 Å². The lowest BCUT2D eigenvalue weighted by Gasteiger charge is -2.43.